The van der Waals surface area contributed by atoms with E-state index in [-0.39, 0.29) is 11.3 Å². The summed E-state index contributed by atoms with van der Waals surface area (Å²) in [6, 6.07) is 8.68. The SMILES string of the molecule is COc1ccccc1N1CCN(C(=O)[C@H]2C[NH+]3CC[C@@H]2C[C@@H]3Cn2cc(C(C)(C)C)nn2)CC1. The fourth-order valence-corrected chi connectivity index (χ4v) is 6.05. The molecule has 4 saturated heterocycles. The van der Waals surface area contributed by atoms with Crippen molar-refractivity contribution in [3.8, 4) is 5.75 Å². The number of carbonyl (C=O) groups excluding carboxylic acids is 1. The lowest BCUT2D eigenvalue weighted by molar-refractivity contribution is -0.945. The number of hydrogen-bond donors (Lipinski definition) is 1. The van der Waals surface area contributed by atoms with E-state index in [0.717, 1.165) is 69.2 Å². The lowest BCUT2D eigenvalue weighted by Gasteiger charge is -2.47. The number of rotatable bonds is 5. The van der Waals surface area contributed by atoms with Crippen molar-refractivity contribution < 1.29 is 14.4 Å². The lowest BCUT2D eigenvalue weighted by atomic mass is 9.75. The van der Waals surface area contributed by atoms with Gasteiger partial charge >= 0.3 is 0 Å². The molecule has 4 aliphatic heterocycles. The molecule has 0 saturated carbocycles. The molecule has 0 spiro atoms. The highest BCUT2D eigenvalue weighted by molar-refractivity contribution is 5.80. The van der Waals surface area contributed by atoms with Gasteiger partial charge in [0.25, 0.3) is 0 Å². The Morgan fingerprint density at radius 3 is 2.59 bits per heavy atom. The number of piperazine rings is 1. The molecule has 6 rings (SSSR count). The van der Waals surface area contributed by atoms with Crippen molar-refractivity contribution in [3.63, 3.8) is 0 Å². The van der Waals surface area contributed by atoms with E-state index in [0.29, 0.717) is 17.9 Å². The fraction of sp³-hybridized carbons (Fsp3) is 0.654. The van der Waals surface area contributed by atoms with Gasteiger partial charge in [-0.15, -0.1) is 5.10 Å². The molecule has 8 nitrogen and oxygen atoms in total. The Balaban J connectivity index is 1.17. The molecule has 5 heterocycles. The number of para-hydroxylation sites is 2. The summed E-state index contributed by atoms with van der Waals surface area (Å²) in [5.41, 5.74) is 2.18. The Bertz CT molecular complexity index is 1010. The summed E-state index contributed by atoms with van der Waals surface area (Å²) in [4.78, 5) is 19.5. The van der Waals surface area contributed by atoms with E-state index in [4.69, 9.17) is 4.74 Å². The minimum absolute atomic E-state index is 0.0180. The Hall–Kier alpha value is -2.61. The number of anilines is 1. The van der Waals surface area contributed by atoms with Gasteiger partial charge in [0.15, 0.2) is 0 Å². The Kier molecular flexibility index (Phi) is 6.27. The molecule has 1 N–H and O–H groups in total. The number of nitrogens with one attached hydrogen (secondary N) is 1. The first kappa shape index (κ1) is 23.1. The van der Waals surface area contributed by atoms with Crippen LogP contribution < -0.4 is 14.5 Å². The molecule has 0 aliphatic carbocycles. The standard InChI is InChI=1S/C26H38N6O2/c1-26(2,3)24-18-32(28-27-24)16-20-15-19-9-10-31(20)17-21(19)25(33)30-13-11-29(12-14-30)22-7-5-6-8-23(22)34-4/h5-8,18-21H,9-17H2,1-4H3/p+1/t19-,20-,21+/m1/s1. The lowest BCUT2D eigenvalue weighted by Crippen LogP contribution is -3.20. The summed E-state index contributed by atoms with van der Waals surface area (Å²) >= 11 is 0. The van der Waals surface area contributed by atoms with Crippen LogP contribution in [0.2, 0.25) is 0 Å². The highest BCUT2D eigenvalue weighted by Gasteiger charge is 2.48. The van der Waals surface area contributed by atoms with Gasteiger partial charge in [0, 0.05) is 50.6 Å². The smallest absolute Gasteiger partial charge is 0.231 e. The molecule has 4 fully saturated rings. The van der Waals surface area contributed by atoms with Crippen molar-refractivity contribution in [2.45, 2.75) is 51.6 Å². The molecule has 2 aromatic rings. The van der Waals surface area contributed by atoms with Crippen LogP contribution in [0.4, 0.5) is 5.69 Å². The molecule has 1 aromatic heterocycles. The monoisotopic (exact) mass is 467 g/mol. The predicted octanol–water partition coefficient (Wildman–Crippen LogP) is 1.23. The van der Waals surface area contributed by atoms with Gasteiger partial charge in [-0.3, -0.25) is 4.79 Å². The van der Waals surface area contributed by atoms with Crippen molar-refractivity contribution >= 4 is 11.6 Å². The summed E-state index contributed by atoms with van der Waals surface area (Å²) in [5.74, 6) is 1.93. The van der Waals surface area contributed by atoms with E-state index >= 15 is 0 Å². The number of nitrogens with zero attached hydrogens (tertiary/aromatic N) is 5. The molecule has 4 atom stereocenters. The number of amides is 1. The van der Waals surface area contributed by atoms with Crippen molar-refractivity contribution in [2.24, 2.45) is 11.8 Å². The Morgan fingerprint density at radius 2 is 1.94 bits per heavy atom. The topological polar surface area (TPSA) is 67.9 Å². The molecule has 184 valence electrons. The summed E-state index contributed by atoms with van der Waals surface area (Å²) in [5, 5.41) is 8.79. The van der Waals surface area contributed by atoms with Crippen LogP contribution in [0.25, 0.3) is 0 Å². The zero-order valence-electron chi connectivity index (χ0n) is 21.0. The first-order valence-corrected chi connectivity index (χ1v) is 12.8. The average Bonchev–Trinajstić information content (AvgIpc) is 3.33. The van der Waals surface area contributed by atoms with Gasteiger partial charge in [-0.25, -0.2) is 4.68 Å². The van der Waals surface area contributed by atoms with E-state index in [1.807, 2.05) is 22.9 Å². The first-order valence-electron chi connectivity index (χ1n) is 12.8. The summed E-state index contributed by atoms with van der Waals surface area (Å²) < 4.78 is 7.56. The van der Waals surface area contributed by atoms with Gasteiger partial charge in [0.1, 0.15) is 11.8 Å². The molecule has 4 aliphatic rings. The number of benzene rings is 1. The zero-order valence-corrected chi connectivity index (χ0v) is 21.0. The van der Waals surface area contributed by atoms with E-state index in [1.165, 1.54) is 6.54 Å². The van der Waals surface area contributed by atoms with Gasteiger partial charge in [-0.1, -0.05) is 38.1 Å². The molecule has 8 heteroatoms. The van der Waals surface area contributed by atoms with Crippen molar-refractivity contribution in [2.75, 3.05) is 51.3 Å². The van der Waals surface area contributed by atoms with Crippen molar-refractivity contribution in [1.29, 1.82) is 0 Å². The van der Waals surface area contributed by atoms with E-state index in [9.17, 15) is 4.79 Å². The zero-order chi connectivity index (χ0) is 23.9. The number of fused-ring (bicyclic) bond motifs is 3. The van der Waals surface area contributed by atoms with E-state index in [1.54, 1.807) is 12.0 Å². The molecule has 2 bridgehead atoms. The minimum Gasteiger partial charge on any atom is -0.495 e. The van der Waals surface area contributed by atoms with Crippen molar-refractivity contribution in [1.82, 2.24) is 19.9 Å². The third kappa shape index (κ3) is 4.52. The molecule has 1 unspecified atom stereocenters. The van der Waals surface area contributed by atoms with Crippen molar-refractivity contribution in [3.05, 3.63) is 36.2 Å². The van der Waals surface area contributed by atoms with Crippen LogP contribution in [0.3, 0.4) is 0 Å². The molecule has 1 amide bonds. The number of piperidine rings is 3. The van der Waals surface area contributed by atoms with Crippen LogP contribution in [-0.2, 0) is 16.8 Å². The third-order valence-electron chi connectivity index (χ3n) is 8.10. The second-order valence-electron chi connectivity index (χ2n) is 11.3. The summed E-state index contributed by atoms with van der Waals surface area (Å²) in [7, 11) is 1.72. The second kappa shape index (κ2) is 9.21. The van der Waals surface area contributed by atoms with Gasteiger partial charge in [0.05, 0.1) is 44.0 Å². The summed E-state index contributed by atoms with van der Waals surface area (Å²) in [6.45, 7) is 12.8. The highest BCUT2D eigenvalue weighted by Crippen LogP contribution is 2.31. The minimum atomic E-state index is 0.0180. The maximum Gasteiger partial charge on any atom is 0.231 e. The molecule has 34 heavy (non-hydrogen) atoms. The number of methoxy groups -OCH3 is 1. The van der Waals surface area contributed by atoms with Gasteiger partial charge in [-0.2, -0.15) is 0 Å². The maximum atomic E-state index is 13.5. The molecular weight excluding hydrogens is 428 g/mol. The number of quaternary nitrogens is 1. The predicted molar refractivity (Wildman–Crippen MR) is 131 cm³/mol. The van der Waals surface area contributed by atoms with E-state index < -0.39 is 0 Å². The van der Waals surface area contributed by atoms with Gasteiger partial charge in [0.2, 0.25) is 5.91 Å². The van der Waals surface area contributed by atoms with Crippen LogP contribution in [0.1, 0.15) is 39.3 Å². The fourth-order valence-electron chi connectivity index (χ4n) is 6.05. The quantitative estimate of drug-likeness (QED) is 0.717. The number of aromatic nitrogens is 3. The van der Waals surface area contributed by atoms with Crippen LogP contribution >= 0.6 is 0 Å². The largest absolute Gasteiger partial charge is 0.495 e. The number of ether oxygens (including phenoxy) is 1. The summed E-state index contributed by atoms with van der Waals surface area (Å²) in [6.07, 6.45) is 4.37. The van der Waals surface area contributed by atoms with Crippen LogP contribution in [0, 0.1) is 11.8 Å². The van der Waals surface area contributed by atoms with Crippen LogP contribution in [-0.4, -0.2) is 78.2 Å². The Labute approximate surface area is 202 Å². The molecular formula is C26H39N6O2+. The third-order valence-corrected chi connectivity index (χ3v) is 8.10. The second-order valence-corrected chi connectivity index (χ2v) is 11.3. The van der Waals surface area contributed by atoms with E-state index in [2.05, 4.69) is 53.1 Å². The highest BCUT2D eigenvalue weighted by atomic mass is 16.5. The first-order chi connectivity index (χ1) is 16.3. The number of hydrogen-bond acceptors (Lipinski definition) is 5. The normalized spacial score (nSPS) is 27.2. The van der Waals surface area contributed by atoms with Gasteiger partial charge < -0.3 is 19.4 Å². The molecule has 1 aromatic carbocycles. The van der Waals surface area contributed by atoms with Crippen LogP contribution in [0.5, 0.6) is 5.75 Å². The van der Waals surface area contributed by atoms with Gasteiger partial charge in [-0.05, 0) is 18.1 Å². The van der Waals surface area contributed by atoms with Crippen LogP contribution in [0.15, 0.2) is 30.5 Å². The average molecular weight is 468 g/mol. The maximum absolute atomic E-state index is 13.5. The Morgan fingerprint density at radius 1 is 1.18 bits per heavy atom. The molecule has 0 radical (unpaired) electrons. The number of carbonyl (C=O) groups is 1.